The number of fused-ring (bicyclic) bond motifs is 1. The first-order valence-corrected chi connectivity index (χ1v) is 10.2. The Morgan fingerprint density at radius 1 is 1.00 bits per heavy atom. The van der Waals surface area contributed by atoms with Gasteiger partial charge in [-0.05, 0) is 31.2 Å². The van der Waals surface area contributed by atoms with Gasteiger partial charge in [-0.1, -0.05) is 18.2 Å². The zero-order valence-electron chi connectivity index (χ0n) is 17.9. The summed E-state index contributed by atoms with van der Waals surface area (Å²) in [6, 6.07) is 10.9. The summed E-state index contributed by atoms with van der Waals surface area (Å²) >= 11 is 0. The molecule has 3 heterocycles. The SMILES string of the molecule is Cn1c(=O)n(C)c2cc(-c3c(-c4cccc(C(F)(F)F)c4)ncn3C3(C)CNC3)ccc21. The lowest BCUT2D eigenvalue weighted by molar-refractivity contribution is -0.137. The van der Waals surface area contributed by atoms with Crippen molar-refractivity contribution in [3.05, 3.63) is 64.8 Å². The highest BCUT2D eigenvalue weighted by atomic mass is 19.4. The van der Waals surface area contributed by atoms with Crippen LogP contribution in [0, 0.1) is 0 Å². The van der Waals surface area contributed by atoms with Gasteiger partial charge in [0.25, 0.3) is 0 Å². The highest BCUT2D eigenvalue weighted by molar-refractivity contribution is 5.86. The van der Waals surface area contributed by atoms with Crippen LogP contribution in [0.3, 0.4) is 0 Å². The maximum Gasteiger partial charge on any atom is 0.416 e. The molecule has 0 unspecified atom stereocenters. The number of alkyl halides is 3. The Morgan fingerprint density at radius 3 is 2.38 bits per heavy atom. The molecule has 0 spiro atoms. The fourth-order valence-electron chi connectivity index (χ4n) is 4.40. The number of imidazole rings is 2. The summed E-state index contributed by atoms with van der Waals surface area (Å²) in [5.41, 5.74) is 2.81. The van der Waals surface area contributed by atoms with E-state index in [2.05, 4.69) is 17.2 Å². The van der Waals surface area contributed by atoms with Gasteiger partial charge in [0, 0.05) is 38.3 Å². The lowest BCUT2D eigenvalue weighted by Gasteiger charge is -2.41. The van der Waals surface area contributed by atoms with E-state index in [9.17, 15) is 18.0 Å². The molecule has 1 fully saturated rings. The first-order valence-electron chi connectivity index (χ1n) is 10.2. The predicted octanol–water partition coefficient (Wildman–Crippen LogP) is 3.74. The van der Waals surface area contributed by atoms with Gasteiger partial charge in [-0.3, -0.25) is 9.13 Å². The number of rotatable bonds is 3. The molecule has 9 heteroatoms. The van der Waals surface area contributed by atoms with Crippen molar-refractivity contribution >= 4 is 11.0 Å². The van der Waals surface area contributed by atoms with E-state index in [1.54, 1.807) is 35.6 Å². The van der Waals surface area contributed by atoms with Gasteiger partial charge >= 0.3 is 11.9 Å². The van der Waals surface area contributed by atoms with Crippen molar-refractivity contribution in [3.8, 4) is 22.5 Å². The number of aryl methyl sites for hydroxylation is 2. The Balaban J connectivity index is 1.76. The second kappa shape index (κ2) is 6.83. The molecule has 0 radical (unpaired) electrons. The van der Waals surface area contributed by atoms with Gasteiger partial charge < -0.3 is 9.88 Å². The van der Waals surface area contributed by atoms with Crippen LogP contribution in [0.25, 0.3) is 33.5 Å². The molecule has 5 rings (SSSR count). The highest BCUT2D eigenvalue weighted by Gasteiger charge is 2.37. The lowest BCUT2D eigenvalue weighted by atomic mass is 9.93. The zero-order chi connectivity index (χ0) is 22.8. The van der Waals surface area contributed by atoms with E-state index in [0.29, 0.717) is 11.3 Å². The molecule has 0 aliphatic carbocycles. The van der Waals surface area contributed by atoms with Gasteiger partial charge in [0.2, 0.25) is 0 Å². The molecule has 32 heavy (non-hydrogen) atoms. The summed E-state index contributed by atoms with van der Waals surface area (Å²) in [7, 11) is 3.42. The lowest BCUT2D eigenvalue weighted by Crippen LogP contribution is -2.58. The molecule has 0 atom stereocenters. The monoisotopic (exact) mass is 441 g/mol. The molecule has 6 nitrogen and oxygen atoms in total. The molecular weight excluding hydrogens is 419 g/mol. The molecule has 4 aromatic rings. The second-order valence-corrected chi connectivity index (χ2v) is 8.59. The fourth-order valence-corrected chi connectivity index (χ4v) is 4.40. The Hall–Kier alpha value is -3.33. The van der Waals surface area contributed by atoms with Gasteiger partial charge in [-0.25, -0.2) is 9.78 Å². The van der Waals surface area contributed by atoms with Crippen LogP contribution in [0.2, 0.25) is 0 Å². The van der Waals surface area contributed by atoms with E-state index >= 15 is 0 Å². The zero-order valence-corrected chi connectivity index (χ0v) is 17.9. The largest absolute Gasteiger partial charge is 0.416 e. The summed E-state index contributed by atoms with van der Waals surface area (Å²) in [6.07, 6.45) is -2.75. The van der Waals surface area contributed by atoms with Crippen molar-refractivity contribution in [3.63, 3.8) is 0 Å². The number of benzene rings is 2. The summed E-state index contributed by atoms with van der Waals surface area (Å²) in [6.45, 7) is 3.54. The molecular formula is C23H22F3N5O. The topological polar surface area (TPSA) is 56.8 Å². The van der Waals surface area contributed by atoms with Crippen LogP contribution in [0.1, 0.15) is 12.5 Å². The van der Waals surface area contributed by atoms with Crippen LogP contribution in [-0.2, 0) is 25.8 Å². The Labute approximate surface area is 181 Å². The van der Waals surface area contributed by atoms with Crippen LogP contribution < -0.4 is 11.0 Å². The molecule has 1 saturated heterocycles. The highest BCUT2D eigenvalue weighted by Crippen LogP contribution is 2.39. The summed E-state index contributed by atoms with van der Waals surface area (Å²) < 4.78 is 45.2. The van der Waals surface area contributed by atoms with E-state index in [1.807, 2.05) is 22.8 Å². The Bertz CT molecular complexity index is 1410. The van der Waals surface area contributed by atoms with Crippen LogP contribution in [0.5, 0.6) is 0 Å². The number of nitrogens with one attached hydrogen (secondary N) is 1. The van der Waals surface area contributed by atoms with Gasteiger partial charge in [0.15, 0.2) is 0 Å². The van der Waals surface area contributed by atoms with E-state index in [-0.39, 0.29) is 11.2 Å². The van der Waals surface area contributed by atoms with Crippen molar-refractivity contribution in [1.29, 1.82) is 0 Å². The average Bonchev–Trinajstić information content (AvgIpc) is 3.28. The van der Waals surface area contributed by atoms with Crippen LogP contribution in [0.15, 0.2) is 53.6 Å². The smallest absolute Gasteiger partial charge is 0.322 e. The summed E-state index contributed by atoms with van der Waals surface area (Å²) in [5, 5.41) is 3.26. The number of nitrogens with zero attached hydrogens (tertiary/aromatic N) is 4. The van der Waals surface area contributed by atoms with Crippen molar-refractivity contribution < 1.29 is 13.2 Å². The third-order valence-electron chi connectivity index (χ3n) is 6.37. The normalized spacial score (nSPS) is 15.8. The van der Waals surface area contributed by atoms with Crippen molar-refractivity contribution in [2.24, 2.45) is 14.1 Å². The minimum atomic E-state index is -4.44. The van der Waals surface area contributed by atoms with E-state index in [0.717, 1.165) is 47.5 Å². The molecule has 1 N–H and O–H groups in total. The number of hydrogen-bond donors (Lipinski definition) is 1. The number of halogens is 3. The number of aromatic nitrogens is 4. The van der Waals surface area contributed by atoms with Gasteiger partial charge in [-0.2, -0.15) is 13.2 Å². The standard InChI is InChI=1S/C23H22F3N5O/c1-22(11-27-12-22)31-13-28-19(14-5-4-6-16(9-14)23(24,25)26)20(31)15-7-8-17-18(10-15)30(3)21(32)29(17)2/h4-10,13,27H,11-12H2,1-3H3. The second-order valence-electron chi connectivity index (χ2n) is 8.59. The van der Waals surface area contributed by atoms with Crippen LogP contribution in [-0.4, -0.2) is 31.8 Å². The van der Waals surface area contributed by atoms with Crippen LogP contribution in [0.4, 0.5) is 13.2 Å². The fraction of sp³-hybridized carbons (Fsp3) is 0.304. The molecule has 166 valence electrons. The third kappa shape index (κ3) is 2.99. The molecule has 1 aliphatic heterocycles. The minimum Gasteiger partial charge on any atom is -0.322 e. The van der Waals surface area contributed by atoms with Crippen molar-refractivity contribution in [2.45, 2.75) is 18.6 Å². The van der Waals surface area contributed by atoms with Gasteiger partial charge in [-0.15, -0.1) is 0 Å². The Kier molecular flexibility index (Phi) is 4.39. The number of hydrogen-bond acceptors (Lipinski definition) is 3. The molecule has 1 aliphatic rings. The van der Waals surface area contributed by atoms with E-state index in [1.165, 1.54) is 6.07 Å². The summed E-state index contributed by atoms with van der Waals surface area (Å²) in [4.78, 5) is 16.9. The summed E-state index contributed by atoms with van der Waals surface area (Å²) in [5.74, 6) is 0. The average molecular weight is 441 g/mol. The maximum absolute atomic E-state index is 13.4. The first kappa shape index (κ1) is 20.6. The predicted molar refractivity (Wildman–Crippen MR) is 116 cm³/mol. The maximum atomic E-state index is 13.4. The van der Waals surface area contributed by atoms with E-state index in [4.69, 9.17) is 0 Å². The third-order valence-corrected chi connectivity index (χ3v) is 6.37. The molecule has 2 aromatic heterocycles. The molecule has 2 aromatic carbocycles. The van der Waals surface area contributed by atoms with Gasteiger partial charge in [0.1, 0.15) is 0 Å². The molecule has 0 amide bonds. The van der Waals surface area contributed by atoms with Gasteiger partial charge in [0.05, 0.1) is 39.9 Å². The molecule has 0 saturated carbocycles. The first-order chi connectivity index (χ1) is 15.1. The van der Waals surface area contributed by atoms with Crippen molar-refractivity contribution in [1.82, 2.24) is 24.0 Å². The minimum absolute atomic E-state index is 0.140. The van der Waals surface area contributed by atoms with Crippen molar-refractivity contribution in [2.75, 3.05) is 13.1 Å². The van der Waals surface area contributed by atoms with E-state index < -0.39 is 11.7 Å². The Morgan fingerprint density at radius 2 is 1.72 bits per heavy atom. The molecule has 0 bridgehead atoms. The quantitative estimate of drug-likeness (QED) is 0.527. The van der Waals surface area contributed by atoms with Crippen LogP contribution >= 0.6 is 0 Å².